The minimum atomic E-state index is -0.537. The van der Waals surface area contributed by atoms with Crippen molar-refractivity contribution >= 4 is 46.9 Å². The van der Waals surface area contributed by atoms with Gasteiger partial charge in [-0.15, -0.1) is 23.7 Å². The third kappa shape index (κ3) is 6.06. The fraction of sp³-hybridized carbons (Fsp3) is 0.474. The molecule has 4 nitrogen and oxygen atoms in total. The number of anilines is 1. The van der Waals surface area contributed by atoms with Crippen LogP contribution in [0.1, 0.15) is 44.2 Å². The van der Waals surface area contributed by atoms with Gasteiger partial charge in [-0.1, -0.05) is 37.3 Å². The van der Waals surface area contributed by atoms with Gasteiger partial charge in [0, 0.05) is 23.1 Å². The van der Waals surface area contributed by atoms with Gasteiger partial charge >= 0.3 is 0 Å². The Labute approximate surface area is 173 Å². The van der Waals surface area contributed by atoms with Crippen molar-refractivity contribution in [1.29, 1.82) is 0 Å². The van der Waals surface area contributed by atoms with Crippen LogP contribution in [0.4, 0.5) is 10.1 Å². The fourth-order valence-electron chi connectivity index (χ4n) is 3.17. The minimum Gasteiger partial charge on any atom is -0.324 e. The normalized spacial score (nSPS) is 15.9. The van der Waals surface area contributed by atoms with Crippen molar-refractivity contribution in [3.8, 4) is 0 Å². The van der Waals surface area contributed by atoms with Gasteiger partial charge < -0.3 is 9.88 Å². The van der Waals surface area contributed by atoms with Crippen LogP contribution in [-0.4, -0.2) is 16.5 Å². The van der Waals surface area contributed by atoms with E-state index in [2.05, 4.69) is 5.32 Å². The average molecular weight is 432 g/mol. The summed E-state index contributed by atoms with van der Waals surface area (Å²) >= 11 is 7.29. The molecule has 1 amide bonds. The first-order valence-corrected chi connectivity index (χ1v) is 10.2. The molecule has 3 rings (SSSR count). The maximum absolute atomic E-state index is 13.8. The Morgan fingerprint density at radius 3 is 2.70 bits per heavy atom. The van der Waals surface area contributed by atoms with E-state index in [0.29, 0.717) is 11.1 Å². The summed E-state index contributed by atoms with van der Waals surface area (Å²) in [5.41, 5.74) is 1.01. The Morgan fingerprint density at radius 1 is 1.33 bits per heavy atom. The highest BCUT2D eigenvalue weighted by Crippen LogP contribution is 2.20. The Bertz CT molecular complexity index is 842. The van der Waals surface area contributed by atoms with Crippen LogP contribution in [0.2, 0.25) is 5.02 Å². The van der Waals surface area contributed by atoms with E-state index in [-0.39, 0.29) is 30.4 Å². The SMILES string of the molecule is Cl.Cn1c(CC(=O)Nc2ccc(Cl)cc2F)csc1=NC1CCCCCC1. The van der Waals surface area contributed by atoms with E-state index >= 15 is 0 Å². The van der Waals surface area contributed by atoms with E-state index in [4.69, 9.17) is 16.6 Å². The molecule has 0 radical (unpaired) electrons. The molecule has 1 heterocycles. The number of aromatic nitrogens is 1. The second kappa shape index (κ2) is 10.2. The van der Waals surface area contributed by atoms with Crippen LogP contribution in [0.5, 0.6) is 0 Å². The van der Waals surface area contributed by atoms with E-state index < -0.39 is 5.82 Å². The number of hydrogen-bond acceptors (Lipinski definition) is 3. The molecule has 1 N–H and O–H groups in total. The molecular formula is C19H24Cl2FN3OS. The number of halogens is 3. The van der Waals surface area contributed by atoms with Crippen LogP contribution < -0.4 is 10.1 Å². The van der Waals surface area contributed by atoms with Gasteiger partial charge in [-0.3, -0.25) is 9.79 Å². The van der Waals surface area contributed by atoms with Gasteiger partial charge in [0.05, 0.1) is 18.2 Å². The second-order valence-electron chi connectivity index (χ2n) is 6.69. The van der Waals surface area contributed by atoms with Gasteiger partial charge in [-0.2, -0.15) is 0 Å². The number of thiazole rings is 1. The minimum absolute atomic E-state index is 0. The van der Waals surface area contributed by atoms with E-state index in [0.717, 1.165) is 23.3 Å². The Kier molecular flexibility index (Phi) is 8.32. The van der Waals surface area contributed by atoms with Gasteiger partial charge in [-0.25, -0.2) is 4.39 Å². The molecule has 8 heteroatoms. The summed E-state index contributed by atoms with van der Waals surface area (Å²) in [6, 6.07) is 4.59. The van der Waals surface area contributed by atoms with Crippen molar-refractivity contribution in [3.63, 3.8) is 0 Å². The molecular weight excluding hydrogens is 408 g/mol. The zero-order valence-corrected chi connectivity index (χ0v) is 17.6. The van der Waals surface area contributed by atoms with Crippen LogP contribution in [0.3, 0.4) is 0 Å². The Morgan fingerprint density at radius 2 is 2.04 bits per heavy atom. The van der Waals surface area contributed by atoms with Crippen LogP contribution in [0.15, 0.2) is 28.6 Å². The van der Waals surface area contributed by atoms with E-state index in [1.54, 1.807) is 17.4 Å². The highest BCUT2D eigenvalue weighted by atomic mass is 35.5. The number of amides is 1. The van der Waals surface area contributed by atoms with Crippen LogP contribution >= 0.6 is 35.3 Å². The molecule has 1 aliphatic rings. The summed E-state index contributed by atoms with van der Waals surface area (Å²) in [6.07, 6.45) is 7.54. The van der Waals surface area contributed by atoms with Crippen molar-refractivity contribution in [2.24, 2.45) is 12.0 Å². The lowest BCUT2D eigenvalue weighted by atomic mass is 10.1. The number of nitrogens with zero attached hydrogens (tertiary/aromatic N) is 2. The number of benzene rings is 1. The zero-order valence-electron chi connectivity index (χ0n) is 15.2. The maximum atomic E-state index is 13.8. The molecule has 0 atom stereocenters. The third-order valence-electron chi connectivity index (χ3n) is 4.68. The lowest BCUT2D eigenvalue weighted by Crippen LogP contribution is -2.21. The van der Waals surface area contributed by atoms with Crippen LogP contribution in [0, 0.1) is 5.82 Å². The largest absolute Gasteiger partial charge is 0.324 e. The summed E-state index contributed by atoms with van der Waals surface area (Å²) in [5, 5.41) is 4.85. The van der Waals surface area contributed by atoms with Crippen LogP contribution in [-0.2, 0) is 18.3 Å². The average Bonchev–Trinajstić information content (AvgIpc) is 2.80. The quantitative estimate of drug-likeness (QED) is 0.671. The first-order chi connectivity index (χ1) is 12.5. The van der Waals surface area contributed by atoms with Gasteiger partial charge in [0.15, 0.2) is 4.80 Å². The van der Waals surface area contributed by atoms with Crippen LogP contribution in [0.25, 0.3) is 0 Å². The van der Waals surface area contributed by atoms with Crippen molar-refractivity contribution in [3.05, 3.63) is 44.9 Å². The maximum Gasteiger partial charge on any atom is 0.230 e. The molecule has 1 aliphatic carbocycles. The predicted molar refractivity (Wildman–Crippen MR) is 111 cm³/mol. The molecule has 1 aromatic heterocycles. The highest BCUT2D eigenvalue weighted by molar-refractivity contribution is 7.07. The fourth-order valence-corrected chi connectivity index (χ4v) is 4.30. The third-order valence-corrected chi connectivity index (χ3v) is 5.90. The zero-order chi connectivity index (χ0) is 18.5. The topological polar surface area (TPSA) is 46.4 Å². The second-order valence-corrected chi connectivity index (χ2v) is 7.97. The molecule has 0 bridgehead atoms. The van der Waals surface area contributed by atoms with E-state index in [9.17, 15) is 9.18 Å². The molecule has 0 saturated heterocycles. The monoisotopic (exact) mass is 431 g/mol. The lowest BCUT2D eigenvalue weighted by molar-refractivity contribution is -0.115. The number of hydrogen-bond donors (Lipinski definition) is 1. The molecule has 1 fully saturated rings. The summed E-state index contributed by atoms with van der Waals surface area (Å²) < 4.78 is 15.8. The van der Waals surface area contributed by atoms with Crippen molar-refractivity contribution in [2.75, 3.05) is 5.32 Å². The number of carbonyl (C=O) groups is 1. The summed E-state index contributed by atoms with van der Waals surface area (Å²) in [4.78, 5) is 18.1. The Hall–Kier alpha value is -1.37. The Balaban J connectivity index is 0.00000261. The smallest absolute Gasteiger partial charge is 0.230 e. The summed E-state index contributed by atoms with van der Waals surface area (Å²) in [5.74, 6) is -0.801. The molecule has 148 valence electrons. The van der Waals surface area contributed by atoms with Gasteiger partial charge in [0.1, 0.15) is 5.82 Å². The summed E-state index contributed by atoms with van der Waals surface area (Å²) in [6.45, 7) is 0. The van der Waals surface area contributed by atoms with Crippen molar-refractivity contribution < 1.29 is 9.18 Å². The highest BCUT2D eigenvalue weighted by Gasteiger charge is 2.13. The summed E-state index contributed by atoms with van der Waals surface area (Å²) in [7, 11) is 1.93. The van der Waals surface area contributed by atoms with Gasteiger partial charge in [0.25, 0.3) is 0 Å². The first-order valence-electron chi connectivity index (χ1n) is 8.95. The van der Waals surface area contributed by atoms with E-state index in [1.807, 2.05) is 17.0 Å². The van der Waals surface area contributed by atoms with Gasteiger partial charge in [0.2, 0.25) is 5.91 Å². The number of nitrogens with one attached hydrogen (secondary N) is 1. The lowest BCUT2D eigenvalue weighted by Gasteiger charge is -2.09. The van der Waals surface area contributed by atoms with Crippen molar-refractivity contribution in [2.45, 2.75) is 51.0 Å². The number of rotatable bonds is 4. The van der Waals surface area contributed by atoms with E-state index in [1.165, 1.54) is 37.8 Å². The molecule has 2 aromatic rings. The molecule has 1 aromatic carbocycles. The molecule has 27 heavy (non-hydrogen) atoms. The molecule has 0 aliphatic heterocycles. The van der Waals surface area contributed by atoms with Crippen molar-refractivity contribution in [1.82, 2.24) is 4.57 Å². The molecule has 0 spiro atoms. The predicted octanol–water partition coefficient (Wildman–Crippen LogP) is 5.11. The standard InChI is InChI=1S/C19H23ClFN3OS.ClH/c1-24-15(11-18(25)23-17-9-8-13(20)10-16(17)21)12-26-19(24)22-14-6-4-2-3-5-7-14;/h8-10,12,14H,2-7,11H2,1H3,(H,23,25);1H. The number of carbonyl (C=O) groups excluding carboxylic acids is 1. The molecule has 1 saturated carbocycles. The first kappa shape index (κ1) is 21.9. The van der Waals surface area contributed by atoms with Gasteiger partial charge in [-0.05, 0) is 31.0 Å². The molecule has 0 unspecified atom stereocenters.